The predicted molar refractivity (Wildman–Crippen MR) is 96.5 cm³/mol. The summed E-state index contributed by atoms with van der Waals surface area (Å²) in [6.45, 7) is 0.409. The Bertz CT molecular complexity index is 955. The van der Waals surface area contributed by atoms with Crippen molar-refractivity contribution in [1.82, 2.24) is 9.78 Å². The molecule has 2 aromatic carbocycles. The highest BCUT2D eigenvalue weighted by atomic mass is 79.9. The Morgan fingerprint density at radius 3 is 2.46 bits per heavy atom. The second kappa shape index (κ2) is 7.44. The Labute approximate surface area is 155 Å². The molecular formula is C17H12BrFN4O3. The Morgan fingerprint density at radius 1 is 1.19 bits per heavy atom. The third-order valence-electron chi connectivity index (χ3n) is 3.55. The number of nitro groups is 1. The van der Waals surface area contributed by atoms with E-state index in [1.54, 1.807) is 23.0 Å². The molecule has 132 valence electrons. The minimum absolute atomic E-state index is 0.0914. The minimum Gasteiger partial charge on any atom is -0.304 e. The molecule has 0 atom stereocenters. The summed E-state index contributed by atoms with van der Waals surface area (Å²) in [5, 5.41) is 17.6. The lowest BCUT2D eigenvalue weighted by atomic mass is 10.2. The molecule has 0 aliphatic heterocycles. The fourth-order valence-electron chi connectivity index (χ4n) is 2.25. The van der Waals surface area contributed by atoms with Gasteiger partial charge in [0.05, 0.1) is 15.9 Å². The molecule has 1 heterocycles. The number of carbonyl (C=O) groups is 1. The van der Waals surface area contributed by atoms with Gasteiger partial charge in [0.25, 0.3) is 11.6 Å². The van der Waals surface area contributed by atoms with Crippen molar-refractivity contribution in [3.63, 3.8) is 0 Å². The topological polar surface area (TPSA) is 90.1 Å². The standard InChI is InChI=1S/C17H12BrFN4O3/c18-15-10-22(9-11-1-5-13(19)6-2-11)21-16(15)20-17(24)12-3-7-14(8-4-12)23(25)26/h1-8,10H,9H2,(H,20,21,24). The van der Waals surface area contributed by atoms with E-state index >= 15 is 0 Å². The smallest absolute Gasteiger partial charge is 0.269 e. The first-order chi connectivity index (χ1) is 12.4. The number of nitrogens with one attached hydrogen (secondary N) is 1. The van der Waals surface area contributed by atoms with Crippen LogP contribution in [0.25, 0.3) is 0 Å². The molecule has 0 bridgehead atoms. The number of hydrogen-bond donors (Lipinski definition) is 1. The molecule has 1 aromatic heterocycles. The summed E-state index contributed by atoms with van der Waals surface area (Å²) in [6, 6.07) is 11.3. The van der Waals surface area contributed by atoms with Crippen LogP contribution in [-0.2, 0) is 6.54 Å². The zero-order chi connectivity index (χ0) is 18.7. The Balaban J connectivity index is 1.71. The normalized spacial score (nSPS) is 10.5. The van der Waals surface area contributed by atoms with Gasteiger partial charge in [0.15, 0.2) is 5.82 Å². The quantitative estimate of drug-likeness (QED) is 0.500. The van der Waals surface area contributed by atoms with Crippen LogP contribution < -0.4 is 5.32 Å². The average molecular weight is 419 g/mol. The number of rotatable bonds is 5. The van der Waals surface area contributed by atoms with Gasteiger partial charge in [0.2, 0.25) is 0 Å². The van der Waals surface area contributed by atoms with Crippen LogP contribution >= 0.6 is 15.9 Å². The highest BCUT2D eigenvalue weighted by Gasteiger charge is 2.14. The van der Waals surface area contributed by atoms with E-state index in [2.05, 4.69) is 26.3 Å². The number of carbonyl (C=O) groups excluding carboxylic acids is 1. The van der Waals surface area contributed by atoms with Crippen LogP contribution in [0.1, 0.15) is 15.9 Å². The Kier molecular flexibility index (Phi) is 5.08. The molecule has 0 saturated heterocycles. The first-order valence-electron chi connectivity index (χ1n) is 7.45. The fourth-order valence-corrected chi connectivity index (χ4v) is 2.67. The number of aromatic nitrogens is 2. The van der Waals surface area contributed by atoms with Gasteiger partial charge in [-0.25, -0.2) is 4.39 Å². The zero-order valence-corrected chi connectivity index (χ0v) is 14.8. The highest BCUT2D eigenvalue weighted by molar-refractivity contribution is 9.10. The third-order valence-corrected chi connectivity index (χ3v) is 4.13. The van der Waals surface area contributed by atoms with E-state index < -0.39 is 10.8 Å². The van der Waals surface area contributed by atoms with Crippen LogP contribution in [0.5, 0.6) is 0 Å². The molecule has 0 spiro atoms. The van der Waals surface area contributed by atoms with E-state index in [0.29, 0.717) is 16.8 Å². The van der Waals surface area contributed by atoms with Gasteiger partial charge in [-0.15, -0.1) is 0 Å². The molecule has 1 N–H and O–H groups in total. The van der Waals surface area contributed by atoms with Crippen LogP contribution in [0.15, 0.2) is 59.2 Å². The van der Waals surface area contributed by atoms with Gasteiger partial charge in [-0.05, 0) is 45.8 Å². The van der Waals surface area contributed by atoms with Crippen LogP contribution in [-0.4, -0.2) is 20.6 Å². The Hall–Kier alpha value is -3.07. The molecule has 0 fully saturated rings. The fraction of sp³-hybridized carbons (Fsp3) is 0.0588. The molecule has 9 heteroatoms. The van der Waals surface area contributed by atoms with Crippen LogP contribution in [0.2, 0.25) is 0 Å². The summed E-state index contributed by atoms with van der Waals surface area (Å²) in [6.07, 6.45) is 1.69. The van der Waals surface area contributed by atoms with Crippen LogP contribution in [0.3, 0.4) is 0 Å². The zero-order valence-electron chi connectivity index (χ0n) is 13.2. The summed E-state index contributed by atoms with van der Waals surface area (Å²) < 4.78 is 15.1. The van der Waals surface area contributed by atoms with Crippen molar-refractivity contribution in [3.8, 4) is 0 Å². The maximum absolute atomic E-state index is 13.0. The summed E-state index contributed by atoms with van der Waals surface area (Å²) in [5.41, 5.74) is 1.04. The summed E-state index contributed by atoms with van der Waals surface area (Å²) in [4.78, 5) is 22.4. The van der Waals surface area contributed by atoms with Crippen LogP contribution in [0, 0.1) is 15.9 Å². The van der Waals surface area contributed by atoms with E-state index in [1.165, 1.54) is 36.4 Å². The van der Waals surface area contributed by atoms with Crippen molar-refractivity contribution in [1.29, 1.82) is 0 Å². The van der Waals surface area contributed by atoms with E-state index in [-0.39, 0.29) is 17.1 Å². The summed E-state index contributed by atoms with van der Waals surface area (Å²) in [7, 11) is 0. The molecule has 0 aliphatic rings. The van der Waals surface area contributed by atoms with Gasteiger partial charge in [-0.2, -0.15) is 5.10 Å². The molecule has 3 aromatic rings. The largest absolute Gasteiger partial charge is 0.304 e. The monoisotopic (exact) mass is 418 g/mol. The number of benzene rings is 2. The summed E-state index contributed by atoms with van der Waals surface area (Å²) in [5.74, 6) is -0.436. The van der Waals surface area contributed by atoms with E-state index in [0.717, 1.165) is 5.56 Å². The van der Waals surface area contributed by atoms with Gasteiger partial charge in [0, 0.05) is 23.9 Å². The van der Waals surface area contributed by atoms with Crippen molar-refractivity contribution in [3.05, 3.63) is 86.3 Å². The number of halogens is 2. The molecule has 7 nitrogen and oxygen atoms in total. The molecule has 0 aliphatic carbocycles. The van der Waals surface area contributed by atoms with Gasteiger partial charge < -0.3 is 5.32 Å². The first-order valence-corrected chi connectivity index (χ1v) is 8.25. The Morgan fingerprint density at radius 2 is 1.85 bits per heavy atom. The molecular weight excluding hydrogens is 407 g/mol. The summed E-state index contributed by atoms with van der Waals surface area (Å²) >= 11 is 3.33. The second-order valence-electron chi connectivity index (χ2n) is 5.41. The maximum atomic E-state index is 13.0. The molecule has 0 saturated carbocycles. The molecule has 26 heavy (non-hydrogen) atoms. The number of non-ortho nitro benzene ring substituents is 1. The number of hydrogen-bond acceptors (Lipinski definition) is 4. The number of nitrogens with zero attached hydrogens (tertiary/aromatic N) is 3. The second-order valence-corrected chi connectivity index (χ2v) is 6.26. The van der Waals surface area contributed by atoms with Crippen molar-refractivity contribution in [2.75, 3.05) is 5.32 Å². The first kappa shape index (κ1) is 17.7. The molecule has 1 amide bonds. The lowest BCUT2D eigenvalue weighted by molar-refractivity contribution is -0.384. The van der Waals surface area contributed by atoms with E-state index in [1.807, 2.05) is 0 Å². The lowest BCUT2D eigenvalue weighted by Gasteiger charge is -2.03. The minimum atomic E-state index is -0.532. The van der Waals surface area contributed by atoms with Gasteiger partial charge in [-0.1, -0.05) is 12.1 Å². The lowest BCUT2D eigenvalue weighted by Crippen LogP contribution is -2.13. The van der Waals surface area contributed by atoms with E-state index in [9.17, 15) is 19.3 Å². The highest BCUT2D eigenvalue weighted by Crippen LogP contribution is 2.22. The number of nitro benzene ring substituents is 1. The van der Waals surface area contributed by atoms with Gasteiger partial charge >= 0.3 is 0 Å². The molecule has 0 radical (unpaired) electrons. The number of anilines is 1. The third kappa shape index (κ3) is 4.12. The van der Waals surface area contributed by atoms with Crippen LogP contribution in [0.4, 0.5) is 15.9 Å². The molecule has 3 rings (SSSR count). The predicted octanol–water partition coefficient (Wildman–Crippen LogP) is 3.99. The number of amides is 1. The van der Waals surface area contributed by atoms with Crippen molar-refractivity contribution >= 4 is 33.3 Å². The SMILES string of the molecule is O=C(Nc1nn(Cc2ccc(F)cc2)cc1Br)c1ccc([N+](=O)[O-])cc1. The van der Waals surface area contributed by atoms with Crippen molar-refractivity contribution in [2.45, 2.75) is 6.54 Å². The molecule has 0 unspecified atom stereocenters. The van der Waals surface area contributed by atoms with Gasteiger partial charge in [-0.3, -0.25) is 19.6 Å². The van der Waals surface area contributed by atoms with Gasteiger partial charge in [0.1, 0.15) is 5.82 Å². The van der Waals surface area contributed by atoms with Crippen molar-refractivity contribution in [2.24, 2.45) is 0 Å². The average Bonchev–Trinajstić information content (AvgIpc) is 2.96. The van der Waals surface area contributed by atoms with Crippen molar-refractivity contribution < 1.29 is 14.1 Å². The maximum Gasteiger partial charge on any atom is 0.269 e. The van der Waals surface area contributed by atoms with E-state index in [4.69, 9.17) is 0 Å².